The molecule has 7 heteroatoms. The third-order valence-electron chi connectivity index (χ3n) is 7.69. The van der Waals surface area contributed by atoms with Crippen LogP contribution in [0.2, 0.25) is 0 Å². The first-order chi connectivity index (χ1) is 18.6. The number of benzene rings is 4. The second-order valence-electron chi connectivity index (χ2n) is 9.59. The second kappa shape index (κ2) is 7.20. The van der Waals surface area contributed by atoms with E-state index >= 15 is 0 Å². The van der Waals surface area contributed by atoms with Crippen molar-refractivity contribution in [2.24, 2.45) is 5.92 Å². The van der Waals surface area contributed by atoms with Gasteiger partial charge in [-0.2, -0.15) is 15.8 Å². The van der Waals surface area contributed by atoms with Gasteiger partial charge in [-0.05, 0) is 41.6 Å². The fourth-order valence-corrected chi connectivity index (χ4v) is 7.32. The minimum atomic E-state index is -0.305. The maximum atomic E-state index is 14.2. The summed E-state index contributed by atoms with van der Waals surface area (Å²) in [5.41, 5.74) is 4.21. The monoisotopic (exact) mass is 503 g/mol. The Morgan fingerprint density at radius 3 is 2.53 bits per heavy atom. The predicted molar refractivity (Wildman–Crippen MR) is 148 cm³/mol. The molecule has 3 heterocycles. The van der Waals surface area contributed by atoms with Crippen LogP contribution >= 0.6 is 11.8 Å². The van der Waals surface area contributed by atoms with Gasteiger partial charge in [0.05, 0.1) is 45.6 Å². The third kappa shape index (κ3) is 2.45. The van der Waals surface area contributed by atoms with Crippen molar-refractivity contribution in [3.05, 3.63) is 92.6 Å². The first-order valence-corrected chi connectivity index (χ1v) is 12.9. The highest BCUT2D eigenvalue weighted by atomic mass is 32.2. The summed E-state index contributed by atoms with van der Waals surface area (Å²) in [5.74, 6) is -0.305. The van der Waals surface area contributed by atoms with E-state index in [0.29, 0.717) is 39.4 Å². The molecule has 1 aliphatic carbocycles. The van der Waals surface area contributed by atoms with Crippen LogP contribution in [0.1, 0.15) is 23.1 Å². The topological polar surface area (TPSA) is 106 Å². The standard InChI is InChI=1S/C31H13N5OS/c32-12-15-7-8-24-19(9-15)25-17(13-33)10-21-27-20(11-18(14-34)29(38-24)28(25)27)30-35-22-5-1-3-16-4-2-6-23(26(16)22)36(30)31(21)37/h1-8,10-11,15H,9H2. The number of nitrogens with zero attached hydrogens (tertiary/aromatic N) is 5. The highest BCUT2D eigenvalue weighted by molar-refractivity contribution is 8.03. The number of aromatic nitrogens is 2. The summed E-state index contributed by atoms with van der Waals surface area (Å²) >= 11 is 1.47. The Kier molecular flexibility index (Phi) is 3.98. The van der Waals surface area contributed by atoms with Gasteiger partial charge in [0.15, 0.2) is 0 Å². The summed E-state index contributed by atoms with van der Waals surface area (Å²) in [4.78, 5) is 20.8. The second-order valence-corrected chi connectivity index (χ2v) is 10.6. The fraction of sp³-hybridized carbons (Fsp3) is 0.0645. The van der Waals surface area contributed by atoms with E-state index in [1.54, 1.807) is 10.5 Å². The van der Waals surface area contributed by atoms with E-state index < -0.39 is 0 Å². The average molecular weight is 504 g/mol. The molecular weight excluding hydrogens is 490 g/mol. The van der Waals surface area contributed by atoms with E-state index in [4.69, 9.17) is 4.98 Å². The minimum absolute atomic E-state index is 0.250. The van der Waals surface area contributed by atoms with Crippen molar-refractivity contribution in [1.29, 1.82) is 15.8 Å². The van der Waals surface area contributed by atoms with Gasteiger partial charge in [0.1, 0.15) is 11.7 Å². The number of rotatable bonds is 0. The van der Waals surface area contributed by atoms with Gasteiger partial charge in [-0.15, -0.1) is 0 Å². The molecule has 1 aliphatic heterocycles. The largest absolute Gasteiger partial charge is 0.268 e. The SMILES string of the molecule is N#Cc1cc2c3c4c1SC1=C(CC(C#N)C=C1)c4c(C#N)cc3c(=O)n1c3cccc4cccc(nc21)c43. The van der Waals surface area contributed by atoms with Crippen molar-refractivity contribution in [1.82, 2.24) is 9.38 Å². The van der Waals surface area contributed by atoms with E-state index in [2.05, 4.69) is 18.2 Å². The molecule has 4 aromatic carbocycles. The van der Waals surface area contributed by atoms with Crippen molar-refractivity contribution in [2.45, 2.75) is 11.3 Å². The van der Waals surface area contributed by atoms with Crippen LogP contribution in [-0.4, -0.2) is 9.38 Å². The number of fused-ring (bicyclic) bond motifs is 4. The fourth-order valence-electron chi connectivity index (χ4n) is 6.12. The number of allylic oxidation sites excluding steroid dienone is 3. The van der Waals surface area contributed by atoms with E-state index in [9.17, 15) is 20.6 Å². The van der Waals surface area contributed by atoms with Crippen molar-refractivity contribution in [3.8, 4) is 18.2 Å². The van der Waals surface area contributed by atoms with Crippen LogP contribution in [0.5, 0.6) is 0 Å². The Morgan fingerprint density at radius 1 is 0.947 bits per heavy atom. The molecule has 1 atom stereocenters. The molecule has 0 amide bonds. The molecular formula is C31H13N5OS. The van der Waals surface area contributed by atoms with Gasteiger partial charge < -0.3 is 0 Å². The minimum Gasteiger partial charge on any atom is -0.268 e. The van der Waals surface area contributed by atoms with Crippen molar-refractivity contribution >= 4 is 66.3 Å². The predicted octanol–water partition coefficient (Wildman–Crippen LogP) is 6.40. The van der Waals surface area contributed by atoms with Gasteiger partial charge in [0.25, 0.3) is 5.56 Å². The van der Waals surface area contributed by atoms with Crippen molar-refractivity contribution < 1.29 is 0 Å². The molecule has 38 heavy (non-hydrogen) atoms. The van der Waals surface area contributed by atoms with Crippen molar-refractivity contribution in [2.75, 3.05) is 0 Å². The Bertz CT molecular complexity index is 2350. The molecule has 6 aromatic rings. The van der Waals surface area contributed by atoms with E-state index in [1.807, 2.05) is 54.6 Å². The third-order valence-corrected chi connectivity index (χ3v) is 8.92. The molecule has 0 spiro atoms. The molecule has 2 aliphatic rings. The smallest absolute Gasteiger partial charge is 0.264 e. The normalized spacial score (nSPS) is 16.3. The van der Waals surface area contributed by atoms with E-state index in [-0.39, 0.29) is 11.5 Å². The number of hydrogen-bond donors (Lipinski definition) is 0. The molecule has 0 radical (unpaired) electrons. The summed E-state index contributed by atoms with van der Waals surface area (Å²) in [6.07, 6.45) is 4.26. The number of pyridine rings is 1. The molecule has 0 saturated heterocycles. The lowest BCUT2D eigenvalue weighted by Gasteiger charge is -2.28. The quantitative estimate of drug-likeness (QED) is 0.175. The Hall–Kier alpha value is -5.16. The average Bonchev–Trinajstić information content (AvgIpc) is 2.96. The van der Waals surface area contributed by atoms with Crippen LogP contribution in [0.4, 0.5) is 0 Å². The molecule has 1 unspecified atom stereocenters. The van der Waals surface area contributed by atoms with Crippen molar-refractivity contribution in [3.63, 3.8) is 0 Å². The van der Waals surface area contributed by atoms with Gasteiger partial charge in [-0.1, -0.05) is 48.2 Å². The highest BCUT2D eigenvalue weighted by Gasteiger charge is 2.32. The number of nitriles is 3. The molecule has 6 nitrogen and oxygen atoms in total. The first-order valence-electron chi connectivity index (χ1n) is 12.0. The van der Waals surface area contributed by atoms with Gasteiger partial charge in [0, 0.05) is 36.9 Å². The maximum Gasteiger partial charge on any atom is 0.264 e. The molecule has 174 valence electrons. The van der Waals surface area contributed by atoms with Gasteiger partial charge >= 0.3 is 0 Å². The maximum absolute atomic E-state index is 14.2. The van der Waals surface area contributed by atoms with Crippen LogP contribution in [0.3, 0.4) is 0 Å². The lowest BCUT2D eigenvalue weighted by atomic mass is 9.83. The summed E-state index contributed by atoms with van der Waals surface area (Å²) in [7, 11) is 0. The Balaban J connectivity index is 1.67. The van der Waals surface area contributed by atoms with E-state index in [1.165, 1.54) is 11.8 Å². The molecule has 8 rings (SSSR count). The van der Waals surface area contributed by atoms with Crippen LogP contribution in [0.15, 0.2) is 75.3 Å². The molecule has 0 saturated carbocycles. The summed E-state index contributed by atoms with van der Waals surface area (Å²) in [6.45, 7) is 0. The number of thioether (sulfide) groups is 1. The summed E-state index contributed by atoms with van der Waals surface area (Å²) in [5, 5.41) is 34.6. The lowest BCUT2D eigenvalue weighted by molar-refractivity contribution is 0.850. The van der Waals surface area contributed by atoms with Crippen LogP contribution in [0, 0.1) is 39.9 Å². The summed E-state index contributed by atoms with van der Waals surface area (Å²) < 4.78 is 1.62. The lowest BCUT2D eigenvalue weighted by Crippen LogP contribution is -2.18. The molecule has 2 aromatic heterocycles. The van der Waals surface area contributed by atoms with Crippen LogP contribution in [-0.2, 0) is 0 Å². The zero-order chi connectivity index (χ0) is 25.7. The first kappa shape index (κ1) is 21.0. The Labute approximate surface area is 219 Å². The van der Waals surface area contributed by atoms with Crippen LogP contribution in [0.25, 0.3) is 54.6 Å². The Morgan fingerprint density at radius 2 is 1.74 bits per heavy atom. The molecule has 0 fully saturated rings. The zero-order valence-corrected chi connectivity index (χ0v) is 20.4. The molecule has 0 N–H and O–H groups in total. The summed E-state index contributed by atoms with van der Waals surface area (Å²) in [6, 6.07) is 22.2. The van der Waals surface area contributed by atoms with Crippen LogP contribution < -0.4 is 5.56 Å². The zero-order valence-electron chi connectivity index (χ0n) is 19.6. The van der Waals surface area contributed by atoms with Gasteiger partial charge in [-0.3, -0.25) is 9.20 Å². The highest BCUT2D eigenvalue weighted by Crippen LogP contribution is 2.53. The van der Waals surface area contributed by atoms with Gasteiger partial charge in [-0.25, -0.2) is 4.98 Å². The van der Waals surface area contributed by atoms with E-state index in [0.717, 1.165) is 48.1 Å². The number of hydrogen-bond acceptors (Lipinski definition) is 6. The van der Waals surface area contributed by atoms with Gasteiger partial charge in [0.2, 0.25) is 0 Å². The molecule has 0 bridgehead atoms.